The van der Waals surface area contributed by atoms with E-state index in [2.05, 4.69) is 17.1 Å². The van der Waals surface area contributed by atoms with Gasteiger partial charge in [-0.1, -0.05) is 17.7 Å². The Hall–Kier alpha value is -2.27. The molecule has 0 atom stereocenters. The molecule has 0 saturated carbocycles. The van der Waals surface area contributed by atoms with Gasteiger partial charge in [-0.25, -0.2) is 0 Å². The van der Waals surface area contributed by atoms with Crippen molar-refractivity contribution in [2.45, 2.75) is 46.2 Å². The number of halogens is 3. The predicted octanol–water partition coefficient (Wildman–Crippen LogP) is 6.06. The van der Waals surface area contributed by atoms with E-state index in [4.69, 9.17) is 5.73 Å². The average molecular weight is 374 g/mol. The van der Waals surface area contributed by atoms with Crippen LogP contribution in [0.15, 0.2) is 30.3 Å². The summed E-state index contributed by atoms with van der Waals surface area (Å²) in [6.07, 6.45) is -1.97. The Morgan fingerprint density at radius 3 is 2.22 bits per heavy atom. The van der Waals surface area contributed by atoms with Gasteiger partial charge in [0.15, 0.2) is 0 Å². The van der Waals surface area contributed by atoms with Crippen LogP contribution >= 0.6 is 0 Å². The molecule has 0 spiro atoms. The van der Waals surface area contributed by atoms with Crippen molar-refractivity contribution < 1.29 is 13.2 Å². The minimum absolute atomic E-state index is 0.577. The molecule has 0 radical (unpaired) electrons. The lowest BCUT2D eigenvalue weighted by molar-refractivity contribution is -0.137. The average Bonchev–Trinajstić information content (AvgIpc) is 2.91. The number of alkyl halides is 3. The molecule has 3 rings (SSSR count). The molecule has 0 aliphatic rings. The zero-order valence-corrected chi connectivity index (χ0v) is 15.9. The van der Waals surface area contributed by atoms with E-state index in [0.717, 1.165) is 52.4 Å². The zero-order valence-electron chi connectivity index (χ0n) is 15.9. The van der Waals surface area contributed by atoms with Crippen molar-refractivity contribution in [1.29, 1.82) is 0 Å². The molecule has 0 fully saturated rings. The summed E-state index contributed by atoms with van der Waals surface area (Å²) < 4.78 is 39.7. The largest absolute Gasteiger partial charge is 0.416 e. The summed E-state index contributed by atoms with van der Waals surface area (Å²) in [6, 6.07) is 8.16. The van der Waals surface area contributed by atoms with Crippen LogP contribution in [0.2, 0.25) is 0 Å². The van der Waals surface area contributed by atoms with E-state index in [1.165, 1.54) is 17.7 Å². The van der Waals surface area contributed by atoms with Gasteiger partial charge in [-0.2, -0.15) is 13.2 Å². The first-order chi connectivity index (χ1) is 12.7. The maximum atomic E-state index is 13.2. The van der Waals surface area contributed by atoms with Crippen molar-refractivity contribution in [3.8, 4) is 11.3 Å². The van der Waals surface area contributed by atoms with Crippen molar-refractivity contribution >= 4 is 10.9 Å². The van der Waals surface area contributed by atoms with E-state index >= 15 is 0 Å². The molecule has 2 nitrogen and oxygen atoms in total. The molecule has 3 N–H and O–H groups in total. The molecule has 2 aromatic carbocycles. The predicted molar refractivity (Wildman–Crippen MR) is 105 cm³/mol. The SMILES string of the molecule is Cc1cc(C)c(-c2[nH]c3ccc(C(F)(F)F)cc3c2CCCCN)c(C)c1. The van der Waals surface area contributed by atoms with E-state index in [0.29, 0.717) is 18.4 Å². The van der Waals surface area contributed by atoms with Crippen LogP contribution < -0.4 is 5.73 Å². The Bertz CT molecular complexity index is 945. The molecule has 5 heteroatoms. The number of nitrogens with one attached hydrogen (secondary N) is 1. The van der Waals surface area contributed by atoms with Crippen LogP contribution in [0.3, 0.4) is 0 Å². The number of aryl methyl sites for hydroxylation is 4. The first-order valence-corrected chi connectivity index (χ1v) is 9.22. The lowest BCUT2D eigenvalue weighted by Crippen LogP contribution is -2.04. The molecule has 1 aromatic heterocycles. The van der Waals surface area contributed by atoms with Gasteiger partial charge in [0, 0.05) is 16.5 Å². The molecule has 3 aromatic rings. The normalized spacial score (nSPS) is 12.1. The lowest BCUT2D eigenvalue weighted by atomic mass is 9.93. The van der Waals surface area contributed by atoms with Gasteiger partial charge in [-0.15, -0.1) is 0 Å². The molecular formula is C22H25F3N2. The zero-order chi connectivity index (χ0) is 19.8. The van der Waals surface area contributed by atoms with Crippen molar-refractivity contribution in [1.82, 2.24) is 4.98 Å². The first kappa shape index (κ1) is 19.5. The van der Waals surface area contributed by atoms with Gasteiger partial charge in [0.25, 0.3) is 0 Å². The summed E-state index contributed by atoms with van der Waals surface area (Å²) in [6.45, 7) is 6.72. The number of aromatic amines is 1. The van der Waals surface area contributed by atoms with Crippen molar-refractivity contribution in [2.75, 3.05) is 6.54 Å². The number of unbranched alkanes of at least 4 members (excludes halogenated alkanes) is 1. The number of hydrogen-bond donors (Lipinski definition) is 2. The highest BCUT2D eigenvalue weighted by molar-refractivity contribution is 5.92. The van der Waals surface area contributed by atoms with Gasteiger partial charge >= 0.3 is 6.18 Å². The highest BCUT2D eigenvalue weighted by Crippen LogP contribution is 2.38. The van der Waals surface area contributed by atoms with E-state index in [-0.39, 0.29) is 0 Å². The molecular weight excluding hydrogens is 349 g/mol. The molecule has 0 saturated heterocycles. The Morgan fingerprint density at radius 2 is 1.63 bits per heavy atom. The second-order valence-electron chi connectivity index (χ2n) is 7.26. The summed E-state index contributed by atoms with van der Waals surface area (Å²) in [5, 5.41) is 0.649. The van der Waals surface area contributed by atoms with E-state index in [1.54, 1.807) is 0 Å². The van der Waals surface area contributed by atoms with Gasteiger partial charge in [-0.3, -0.25) is 0 Å². The molecule has 0 amide bonds. The smallest absolute Gasteiger partial charge is 0.354 e. The van der Waals surface area contributed by atoms with Crippen LogP contribution in [0.4, 0.5) is 13.2 Å². The topological polar surface area (TPSA) is 41.8 Å². The molecule has 0 aliphatic heterocycles. The van der Waals surface area contributed by atoms with Gasteiger partial charge < -0.3 is 10.7 Å². The number of rotatable bonds is 5. The maximum Gasteiger partial charge on any atom is 0.416 e. The molecule has 1 heterocycles. The summed E-state index contributed by atoms with van der Waals surface area (Å²) in [7, 11) is 0. The third-order valence-electron chi connectivity index (χ3n) is 5.04. The fraction of sp³-hybridized carbons (Fsp3) is 0.364. The standard InChI is InChI=1S/C22H25F3N2/c1-13-10-14(2)20(15(3)11-13)21-17(6-4-5-9-26)18-12-16(22(23,24)25)7-8-19(18)27-21/h7-8,10-12,27H,4-6,9,26H2,1-3H3. The minimum atomic E-state index is -4.35. The fourth-order valence-corrected chi connectivity index (χ4v) is 3.92. The molecule has 0 bridgehead atoms. The maximum absolute atomic E-state index is 13.2. The summed E-state index contributed by atoms with van der Waals surface area (Å²) >= 11 is 0. The summed E-state index contributed by atoms with van der Waals surface area (Å²) in [5.74, 6) is 0. The number of H-pyrrole nitrogens is 1. The van der Waals surface area contributed by atoms with Gasteiger partial charge in [0.05, 0.1) is 11.3 Å². The Morgan fingerprint density at radius 1 is 0.963 bits per heavy atom. The van der Waals surface area contributed by atoms with Crippen LogP contribution in [0.1, 0.15) is 40.7 Å². The van der Waals surface area contributed by atoms with E-state index < -0.39 is 11.7 Å². The van der Waals surface area contributed by atoms with Crippen LogP contribution in [0.5, 0.6) is 0 Å². The first-order valence-electron chi connectivity index (χ1n) is 9.22. The Kier molecular flexibility index (Phi) is 5.33. The van der Waals surface area contributed by atoms with Gasteiger partial charge in [-0.05, 0) is 81.5 Å². The lowest BCUT2D eigenvalue weighted by Gasteiger charge is -2.13. The van der Waals surface area contributed by atoms with E-state index in [9.17, 15) is 13.2 Å². The highest BCUT2D eigenvalue weighted by Gasteiger charge is 2.31. The molecule has 27 heavy (non-hydrogen) atoms. The van der Waals surface area contributed by atoms with Crippen LogP contribution in [-0.2, 0) is 12.6 Å². The van der Waals surface area contributed by atoms with Crippen LogP contribution in [-0.4, -0.2) is 11.5 Å². The number of hydrogen-bond acceptors (Lipinski definition) is 1. The third-order valence-corrected chi connectivity index (χ3v) is 5.04. The number of fused-ring (bicyclic) bond motifs is 1. The van der Waals surface area contributed by atoms with E-state index in [1.807, 2.05) is 20.8 Å². The van der Waals surface area contributed by atoms with Crippen LogP contribution in [0.25, 0.3) is 22.2 Å². The number of nitrogens with two attached hydrogens (primary N) is 1. The van der Waals surface area contributed by atoms with Crippen molar-refractivity contribution in [2.24, 2.45) is 5.73 Å². The monoisotopic (exact) mass is 374 g/mol. The number of benzene rings is 2. The van der Waals surface area contributed by atoms with Crippen molar-refractivity contribution in [3.63, 3.8) is 0 Å². The highest BCUT2D eigenvalue weighted by atomic mass is 19.4. The van der Waals surface area contributed by atoms with Gasteiger partial charge in [0.1, 0.15) is 0 Å². The quantitative estimate of drug-likeness (QED) is 0.524. The summed E-state index contributed by atoms with van der Waals surface area (Å²) in [5.41, 5.74) is 12.1. The second-order valence-corrected chi connectivity index (χ2v) is 7.26. The third kappa shape index (κ3) is 3.88. The summed E-state index contributed by atoms with van der Waals surface area (Å²) in [4.78, 5) is 3.39. The van der Waals surface area contributed by atoms with Gasteiger partial charge in [0.2, 0.25) is 0 Å². The molecule has 0 aliphatic carbocycles. The molecule has 0 unspecified atom stereocenters. The fourth-order valence-electron chi connectivity index (χ4n) is 3.92. The minimum Gasteiger partial charge on any atom is -0.354 e. The van der Waals surface area contributed by atoms with Crippen LogP contribution in [0, 0.1) is 20.8 Å². The molecule has 144 valence electrons. The van der Waals surface area contributed by atoms with Crippen molar-refractivity contribution in [3.05, 3.63) is 58.1 Å². The Balaban J connectivity index is 2.24. The second kappa shape index (κ2) is 7.39. The number of aromatic nitrogens is 1. The Labute approximate surface area is 157 Å².